The molecule has 1 aromatic heterocycles. The Morgan fingerprint density at radius 1 is 0.959 bits per heavy atom. The van der Waals surface area contributed by atoms with Gasteiger partial charge in [0.2, 0.25) is 5.91 Å². The fourth-order valence-electron chi connectivity index (χ4n) is 6.27. The molecule has 2 atom stereocenters. The van der Waals surface area contributed by atoms with E-state index >= 15 is 0 Å². The standard InChI is InChI=1S/C36H41F3N4O6/c1-19(2)13-28(43-18-22(11-12-41(5)6)26(16-29(43)44)36(37,38)39)33(47)40-27(17-30(45)46)23-14-24(31-20(3)9-8-10-21(31)4)32-25(15-23)34(48)42(7)35(32)49/h8-10,14-16,18-19,27-28H,11-13,17H2,1-7H3,(H,40,47)(H,45,46)/t27-,28-/m0/s1. The number of hydrogen-bond acceptors (Lipinski definition) is 6. The molecular formula is C36H41F3N4O6. The van der Waals surface area contributed by atoms with Gasteiger partial charge in [0.1, 0.15) is 6.04 Å². The number of carbonyl (C=O) groups excluding carboxylic acids is 3. The zero-order valence-corrected chi connectivity index (χ0v) is 28.6. The van der Waals surface area contributed by atoms with E-state index in [0.717, 1.165) is 26.8 Å². The van der Waals surface area contributed by atoms with Crippen LogP contribution in [0.3, 0.4) is 0 Å². The van der Waals surface area contributed by atoms with Crippen LogP contribution >= 0.6 is 0 Å². The number of carboxylic acids is 1. The summed E-state index contributed by atoms with van der Waals surface area (Å²) in [6, 6.07) is 6.48. The molecule has 0 spiro atoms. The van der Waals surface area contributed by atoms with Gasteiger partial charge < -0.3 is 19.9 Å². The minimum Gasteiger partial charge on any atom is -0.481 e. The quantitative estimate of drug-likeness (QED) is 0.245. The molecule has 2 aromatic carbocycles. The van der Waals surface area contributed by atoms with E-state index in [1.165, 1.54) is 13.1 Å². The lowest BCUT2D eigenvalue weighted by molar-refractivity contribution is -0.139. The summed E-state index contributed by atoms with van der Waals surface area (Å²) in [5.41, 5.74) is 0.863. The molecule has 3 amide bonds. The summed E-state index contributed by atoms with van der Waals surface area (Å²) in [7, 11) is 4.75. The third-order valence-electron chi connectivity index (χ3n) is 8.69. The van der Waals surface area contributed by atoms with Crippen LogP contribution in [0.4, 0.5) is 13.2 Å². The van der Waals surface area contributed by atoms with Crippen LogP contribution < -0.4 is 10.9 Å². The van der Waals surface area contributed by atoms with Crippen molar-refractivity contribution in [1.82, 2.24) is 19.7 Å². The predicted molar refractivity (Wildman–Crippen MR) is 177 cm³/mol. The van der Waals surface area contributed by atoms with Crippen molar-refractivity contribution >= 4 is 23.7 Å². The summed E-state index contributed by atoms with van der Waals surface area (Å²) in [4.78, 5) is 68.7. The van der Waals surface area contributed by atoms with Gasteiger partial charge in [-0.15, -0.1) is 0 Å². The normalized spacial score (nSPS) is 14.4. The van der Waals surface area contributed by atoms with Crippen LogP contribution in [-0.2, 0) is 22.2 Å². The average Bonchev–Trinajstić information content (AvgIpc) is 3.21. The Morgan fingerprint density at radius 3 is 2.12 bits per heavy atom. The maximum atomic E-state index is 14.1. The van der Waals surface area contributed by atoms with Gasteiger partial charge in [-0.3, -0.25) is 28.9 Å². The summed E-state index contributed by atoms with van der Waals surface area (Å²) < 4.78 is 42.9. The summed E-state index contributed by atoms with van der Waals surface area (Å²) >= 11 is 0. The second-order valence-electron chi connectivity index (χ2n) is 13.2. The van der Waals surface area contributed by atoms with Crippen molar-refractivity contribution in [3.63, 3.8) is 0 Å². The van der Waals surface area contributed by atoms with Gasteiger partial charge in [-0.1, -0.05) is 32.0 Å². The van der Waals surface area contributed by atoms with Crippen molar-refractivity contribution < 1.29 is 37.5 Å². The Labute approximate surface area is 282 Å². The molecule has 2 heterocycles. The molecule has 0 fully saturated rings. The van der Waals surface area contributed by atoms with Crippen LogP contribution in [0.2, 0.25) is 0 Å². The number of rotatable bonds is 12. The average molecular weight is 683 g/mol. The molecule has 0 radical (unpaired) electrons. The van der Waals surface area contributed by atoms with Crippen molar-refractivity contribution in [2.24, 2.45) is 5.92 Å². The highest BCUT2D eigenvalue weighted by atomic mass is 19.4. The number of benzene rings is 2. The molecule has 0 unspecified atom stereocenters. The summed E-state index contributed by atoms with van der Waals surface area (Å²) in [5, 5.41) is 12.6. The number of hydrogen-bond donors (Lipinski definition) is 2. The number of imide groups is 1. The van der Waals surface area contributed by atoms with Crippen LogP contribution in [0, 0.1) is 19.8 Å². The number of nitrogens with zero attached hydrogens (tertiary/aromatic N) is 3. The minimum atomic E-state index is -4.80. The molecule has 2 N–H and O–H groups in total. The maximum Gasteiger partial charge on any atom is 0.416 e. The van der Waals surface area contributed by atoms with Crippen LogP contribution in [0.15, 0.2) is 47.4 Å². The van der Waals surface area contributed by atoms with Crippen LogP contribution in [-0.4, -0.2) is 70.9 Å². The number of alkyl halides is 3. The highest BCUT2D eigenvalue weighted by molar-refractivity contribution is 6.24. The Morgan fingerprint density at radius 2 is 1.57 bits per heavy atom. The lowest BCUT2D eigenvalue weighted by atomic mass is 9.87. The number of likely N-dealkylation sites (N-methyl/N-ethyl adjacent to an activating group) is 1. The highest BCUT2D eigenvalue weighted by Crippen LogP contribution is 2.39. The van der Waals surface area contributed by atoms with E-state index in [2.05, 4.69) is 5.32 Å². The fourth-order valence-corrected chi connectivity index (χ4v) is 6.27. The number of carbonyl (C=O) groups is 4. The fraction of sp³-hybridized carbons (Fsp3) is 0.417. The number of aromatic nitrogens is 1. The Hall–Kier alpha value is -4.78. The Kier molecular flexibility index (Phi) is 10.9. The van der Waals surface area contributed by atoms with Gasteiger partial charge in [-0.25, -0.2) is 0 Å². The molecule has 13 heteroatoms. The van der Waals surface area contributed by atoms with Crippen molar-refractivity contribution in [3.8, 4) is 11.1 Å². The zero-order valence-electron chi connectivity index (χ0n) is 28.6. The topological polar surface area (TPSA) is 129 Å². The van der Waals surface area contributed by atoms with Gasteiger partial charge in [0.05, 0.1) is 29.2 Å². The number of aryl methyl sites for hydroxylation is 2. The highest BCUT2D eigenvalue weighted by Gasteiger charge is 2.38. The molecule has 4 rings (SSSR count). The van der Waals surface area contributed by atoms with Crippen molar-refractivity contribution in [3.05, 3.63) is 91.9 Å². The molecule has 3 aromatic rings. The van der Waals surface area contributed by atoms with Gasteiger partial charge >= 0.3 is 12.1 Å². The van der Waals surface area contributed by atoms with Crippen LogP contribution in [0.25, 0.3) is 11.1 Å². The molecule has 262 valence electrons. The first kappa shape index (κ1) is 37.0. The lowest BCUT2D eigenvalue weighted by Crippen LogP contribution is -2.40. The van der Waals surface area contributed by atoms with Crippen molar-refractivity contribution in [2.45, 2.75) is 65.2 Å². The summed E-state index contributed by atoms with van der Waals surface area (Å²) in [6.07, 6.45) is -4.34. The van der Waals surface area contributed by atoms with E-state index in [-0.39, 0.29) is 47.6 Å². The smallest absolute Gasteiger partial charge is 0.416 e. The van der Waals surface area contributed by atoms with E-state index in [0.29, 0.717) is 17.2 Å². The molecule has 0 aliphatic carbocycles. The molecule has 1 aliphatic heterocycles. The van der Waals surface area contributed by atoms with Gasteiger partial charge in [-0.05, 0) is 92.2 Å². The van der Waals surface area contributed by atoms with E-state index in [1.54, 1.807) is 38.9 Å². The molecule has 49 heavy (non-hydrogen) atoms. The van der Waals surface area contributed by atoms with Crippen molar-refractivity contribution in [2.75, 3.05) is 27.7 Å². The molecule has 10 nitrogen and oxygen atoms in total. The summed E-state index contributed by atoms with van der Waals surface area (Å²) in [6.45, 7) is 7.50. The zero-order chi connectivity index (χ0) is 36.5. The monoisotopic (exact) mass is 682 g/mol. The lowest BCUT2D eigenvalue weighted by Gasteiger charge is -2.27. The second kappa shape index (κ2) is 14.4. The first-order valence-corrected chi connectivity index (χ1v) is 15.9. The molecule has 0 saturated heterocycles. The number of nitrogens with one attached hydrogen (secondary N) is 1. The van der Waals surface area contributed by atoms with Crippen molar-refractivity contribution in [1.29, 1.82) is 0 Å². The molecule has 1 aliphatic rings. The Bertz CT molecular complexity index is 1840. The van der Waals surface area contributed by atoms with E-state index in [9.17, 15) is 42.3 Å². The number of amides is 3. The second-order valence-corrected chi connectivity index (χ2v) is 13.2. The molecule has 0 bridgehead atoms. The Balaban J connectivity index is 1.87. The van der Waals surface area contributed by atoms with Gasteiger partial charge in [0.25, 0.3) is 17.4 Å². The number of halogens is 3. The van der Waals surface area contributed by atoms with Gasteiger partial charge in [0.15, 0.2) is 0 Å². The summed E-state index contributed by atoms with van der Waals surface area (Å²) in [5.74, 6) is -3.37. The van der Waals surface area contributed by atoms with E-state index < -0.39 is 59.5 Å². The van der Waals surface area contributed by atoms with Gasteiger partial charge in [-0.2, -0.15) is 13.2 Å². The molecule has 0 saturated carbocycles. The number of fused-ring (bicyclic) bond motifs is 1. The minimum absolute atomic E-state index is 0.0444. The van der Waals surface area contributed by atoms with Crippen LogP contribution in [0.5, 0.6) is 0 Å². The first-order chi connectivity index (χ1) is 22.8. The number of aliphatic carboxylic acids is 1. The largest absolute Gasteiger partial charge is 0.481 e. The number of carboxylic acid groups (broad SMARTS) is 1. The van der Waals surface area contributed by atoms with E-state index in [4.69, 9.17) is 0 Å². The SMILES string of the molecule is Cc1cccc(C)c1-c1cc([C@H](CC(=O)O)NC(=O)[C@H](CC(C)C)n2cc(CCN(C)C)c(C(F)(F)F)cc2=O)cc2c1C(=O)N(C)C2=O. The third kappa shape index (κ3) is 7.93. The maximum absolute atomic E-state index is 14.1. The van der Waals surface area contributed by atoms with Gasteiger partial charge in [0, 0.05) is 25.9 Å². The van der Waals surface area contributed by atoms with E-state index in [1.807, 2.05) is 32.0 Å². The number of pyridine rings is 1. The first-order valence-electron chi connectivity index (χ1n) is 15.9. The predicted octanol–water partition coefficient (Wildman–Crippen LogP) is 5.40. The molecular weight excluding hydrogens is 641 g/mol. The third-order valence-corrected chi connectivity index (χ3v) is 8.69. The van der Waals surface area contributed by atoms with Crippen LogP contribution in [0.1, 0.15) is 87.3 Å².